The van der Waals surface area contributed by atoms with E-state index >= 15 is 4.39 Å². The van der Waals surface area contributed by atoms with E-state index in [-0.39, 0.29) is 28.5 Å². The third-order valence-corrected chi connectivity index (χ3v) is 6.18. The summed E-state index contributed by atoms with van der Waals surface area (Å²) in [5, 5.41) is 0. The van der Waals surface area contributed by atoms with Crippen LogP contribution in [0.2, 0.25) is 0 Å². The van der Waals surface area contributed by atoms with Crippen LogP contribution in [-0.2, 0) is 11.2 Å². The number of hydrogen-bond acceptors (Lipinski definition) is 3. The van der Waals surface area contributed by atoms with Crippen LogP contribution in [0.4, 0.5) is 13.2 Å². The Morgan fingerprint density at radius 1 is 0.861 bits per heavy atom. The number of carbonyl (C=O) groups excluding carboxylic acids is 1. The Morgan fingerprint density at radius 2 is 1.44 bits per heavy atom. The number of esters is 1. The molecule has 0 bridgehead atoms. The fourth-order valence-electron chi connectivity index (χ4n) is 4.15. The van der Waals surface area contributed by atoms with Crippen molar-refractivity contribution in [2.24, 2.45) is 0 Å². The van der Waals surface area contributed by atoms with Crippen LogP contribution in [0.1, 0.15) is 40.9 Å². The molecule has 0 N–H and O–H groups in total. The van der Waals surface area contributed by atoms with Gasteiger partial charge >= 0.3 is 5.97 Å². The minimum atomic E-state index is -0.962. The van der Waals surface area contributed by atoms with Crippen molar-refractivity contribution in [3.05, 3.63) is 113 Å². The molecule has 1 unspecified atom stereocenters. The summed E-state index contributed by atoms with van der Waals surface area (Å²) in [5.74, 6) is -3.02. The van der Waals surface area contributed by atoms with Gasteiger partial charge in [0.2, 0.25) is 0 Å². The highest BCUT2D eigenvalue weighted by Gasteiger charge is 2.28. The van der Waals surface area contributed by atoms with Gasteiger partial charge in [0, 0.05) is 22.8 Å². The van der Waals surface area contributed by atoms with E-state index in [0.717, 1.165) is 24.5 Å². The third-order valence-electron chi connectivity index (χ3n) is 6.18. The lowest BCUT2D eigenvalue weighted by Crippen LogP contribution is -2.08. The highest BCUT2D eigenvalue weighted by Crippen LogP contribution is 2.34. The number of ether oxygens (including phenoxy) is 2. The zero-order chi connectivity index (χ0) is 25.2. The summed E-state index contributed by atoms with van der Waals surface area (Å²) in [4.78, 5) is 12.5. The molecular formula is C30H23F3O3. The highest BCUT2D eigenvalue weighted by molar-refractivity contribution is 5.91. The molecule has 5 rings (SSSR count). The summed E-state index contributed by atoms with van der Waals surface area (Å²) in [6, 6.07) is 20.6. The Labute approximate surface area is 207 Å². The topological polar surface area (TPSA) is 38.8 Å². The normalized spacial score (nSPS) is 14.5. The monoisotopic (exact) mass is 488 g/mol. The van der Waals surface area contributed by atoms with E-state index in [9.17, 15) is 13.6 Å². The van der Waals surface area contributed by atoms with Crippen LogP contribution in [0.15, 0.2) is 78.9 Å². The quantitative estimate of drug-likeness (QED) is 0.152. The molecule has 1 heterocycles. The molecule has 4 aromatic rings. The van der Waals surface area contributed by atoms with E-state index in [1.54, 1.807) is 18.2 Å². The molecule has 0 spiro atoms. The number of carbonyl (C=O) groups is 1. The van der Waals surface area contributed by atoms with Crippen molar-refractivity contribution in [3.63, 3.8) is 0 Å². The minimum Gasteiger partial charge on any atom is -0.423 e. The van der Waals surface area contributed by atoms with Gasteiger partial charge in [0.15, 0.2) is 11.6 Å². The van der Waals surface area contributed by atoms with Crippen LogP contribution in [0.25, 0.3) is 22.3 Å². The van der Waals surface area contributed by atoms with Gasteiger partial charge in [-0.25, -0.2) is 18.0 Å². The summed E-state index contributed by atoms with van der Waals surface area (Å²) in [6.07, 6.45) is 1.70. The Morgan fingerprint density at radius 3 is 1.97 bits per heavy atom. The van der Waals surface area contributed by atoms with Crippen molar-refractivity contribution in [3.8, 4) is 28.0 Å². The maximum Gasteiger partial charge on any atom is 0.343 e. The lowest BCUT2D eigenvalue weighted by molar-refractivity contribution is 0.0734. The summed E-state index contributed by atoms with van der Waals surface area (Å²) in [7, 11) is 0. The standard InChI is InChI=1S/C30H23F3O3/c1-2-3-18-4-6-19(7-5-18)23-14-15-24(29(33)28(23)32)20-8-10-21(11-9-20)30(34)36-22-12-13-25(26(31)16-22)27-17-35-27/h4-16,27H,2-3,17H2,1H3. The molecule has 182 valence electrons. The first-order valence-corrected chi connectivity index (χ1v) is 11.8. The molecule has 1 aliphatic heterocycles. The molecular weight excluding hydrogens is 465 g/mol. The summed E-state index contributed by atoms with van der Waals surface area (Å²) < 4.78 is 54.4. The molecule has 1 saturated heterocycles. The fourth-order valence-corrected chi connectivity index (χ4v) is 4.15. The van der Waals surface area contributed by atoms with Crippen molar-refractivity contribution in [1.29, 1.82) is 0 Å². The summed E-state index contributed by atoms with van der Waals surface area (Å²) >= 11 is 0. The van der Waals surface area contributed by atoms with E-state index in [2.05, 4.69) is 6.92 Å². The Bertz CT molecular complexity index is 1410. The molecule has 0 amide bonds. The second kappa shape index (κ2) is 9.99. The Kier molecular flexibility index (Phi) is 6.61. The van der Waals surface area contributed by atoms with Crippen molar-refractivity contribution in [1.82, 2.24) is 0 Å². The molecule has 1 fully saturated rings. The van der Waals surface area contributed by atoms with Gasteiger partial charge in [-0.15, -0.1) is 0 Å². The van der Waals surface area contributed by atoms with Crippen LogP contribution >= 0.6 is 0 Å². The number of epoxide rings is 1. The van der Waals surface area contributed by atoms with E-state index in [1.165, 1.54) is 42.5 Å². The Hall–Kier alpha value is -3.90. The lowest BCUT2D eigenvalue weighted by Gasteiger charge is -2.11. The van der Waals surface area contributed by atoms with E-state index in [1.807, 2.05) is 12.1 Å². The first-order chi connectivity index (χ1) is 17.4. The highest BCUT2D eigenvalue weighted by atomic mass is 19.2. The predicted octanol–water partition coefficient (Wildman–Crippen LogP) is 7.68. The smallest absolute Gasteiger partial charge is 0.343 e. The molecule has 0 aromatic heterocycles. The summed E-state index contributed by atoms with van der Waals surface area (Å²) in [6.45, 7) is 2.56. The number of benzene rings is 4. The van der Waals surface area contributed by atoms with Crippen molar-refractivity contribution >= 4 is 5.97 Å². The minimum absolute atomic E-state index is 0.0670. The van der Waals surface area contributed by atoms with Gasteiger partial charge in [-0.05, 0) is 47.4 Å². The largest absolute Gasteiger partial charge is 0.423 e. The second-order valence-electron chi connectivity index (χ2n) is 8.71. The van der Waals surface area contributed by atoms with Crippen LogP contribution in [0, 0.1) is 17.5 Å². The molecule has 3 nitrogen and oxygen atoms in total. The van der Waals surface area contributed by atoms with Crippen LogP contribution in [0.3, 0.4) is 0 Å². The van der Waals surface area contributed by atoms with Crippen molar-refractivity contribution in [2.45, 2.75) is 25.9 Å². The first-order valence-electron chi connectivity index (χ1n) is 11.8. The van der Waals surface area contributed by atoms with Gasteiger partial charge in [0.1, 0.15) is 17.7 Å². The van der Waals surface area contributed by atoms with Crippen LogP contribution < -0.4 is 4.74 Å². The lowest BCUT2D eigenvalue weighted by atomic mass is 9.97. The SMILES string of the molecule is CCCc1ccc(-c2ccc(-c3ccc(C(=O)Oc4ccc(C5CO5)c(F)c4)cc3)c(F)c2F)cc1. The third kappa shape index (κ3) is 4.90. The zero-order valence-corrected chi connectivity index (χ0v) is 19.6. The van der Waals surface area contributed by atoms with E-state index in [0.29, 0.717) is 23.3 Å². The maximum absolute atomic E-state index is 15.0. The second-order valence-corrected chi connectivity index (χ2v) is 8.71. The van der Waals surface area contributed by atoms with Gasteiger partial charge < -0.3 is 9.47 Å². The molecule has 1 atom stereocenters. The van der Waals surface area contributed by atoms with Crippen LogP contribution in [-0.4, -0.2) is 12.6 Å². The number of hydrogen-bond donors (Lipinski definition) is 0. The summed E-state index contributed by atoms with van der Waals surface area (Å²) in [5.41, 5.74) is 3.04. The first kappa shape index (κ1) is 23.8. The number of aryl methyl sites for hydroxylation is 1. The van der Waals surface area contributed by atoms with Gasteiger partial charge in [0.25, 0.3) is 0 Å². The van der Waals surface area contributed by atoms with Crippen molar-refractivity contribution in [2.75, 3.05) is 6.61 Å². The van der Waals surface area contributed by atoms with Gasteiger partial charge in [-0.2, -0.15) is 0 Å². The number of halogens is 3. The average molecular weight is 489 g/mol. The van der Waals surface area contributed by atoms with Gasteiger partial charge in [-0.1, -0.05) is 61.9 Å². The molecule has 4 aromatic carbocycles. The molecule has 0 saturated carbocycles. The molecule has 36 heavy (non-hydrogen) atoms. The number of rotatable bonds is 7. The van der Waals surface area contributed by atoms with Gasteiger partial charge in [-0.3, -0.25) is 0 Å². The Balaban J connectivity index is 1.32. The molecule has 0 aliphatic carbocycles. The zero-order valence-electron chi connectivity index (χ0n) is 19.6. The fraction of sp³-hybridized carbons (Fsp3) is 0.167. The molecule has 0 radical (unpaired) electrons. The maximum atomic E-state index is 15.0. The van der Waals surface area contributed by atoms with E-state index < -0.39 is 23.4 Å². The van der Waals surface area contributed by atoms with Crippen LogP contribution in [0.5, 0.6) is 5.75 Å². The predicted molar refractivity (Wildman–Crippen MR) is 131 cm³/mol. The molecule has 6 heteroatoms. The van der Waals surface area contributed by atoms with Crippen molar-refractivity contribution < 1.29 is 27.4 Å². The average Bonchev–Trinajstić information content (AvgIpc) is 3.72. The van der Waals surface area contributed by atoms with Gasteiger partial charge in [0.05, 0.1) is 12.2 Å². The molecule has 1 aliphatic rings. The van der Waals surface area contributed by atoms with E-state index in [4.69, 9.17) is 9.47 Å².